The zero-order chi connectivity index (χ0) is 12.1. The molecule has 2 aromatic rings. The van der Waals surface area contributed by atoms with Gasteiger partial charge in [-0.3, -0.25) is 4.79 Å². The second-order valence-corrected chi connectivity index (χ2v) is 3.74. The van der Waals surface area contributed by atoms with Crippen LogP contribution < -0.4 is 4.74 Å². The molecule has 17 heavy (non-hydrogen) atoms. The third-order valence-electron chi connectivity index (χ3n) is 2.53. The third kappa shape index (κ3) is 2.93. The quantitative estimate of drug-likeness (QED) is 0.736. The van der Waals surface area contributed by atoms with Crippen LogP contribution in [0.5, 0.6) is 5.75 Å². The molecule has 0 amide bonds. The molecule has 0 saturated heterocycles. The number of imidazole rings is 1. The summed E-state index contributed by atoms with van der Waals surface area (Å²) in [7, 11) is 1.96. The summed E-state index contributed by atoms with van der Waals surface area (Å²) < 4.78 is 7.54. The first-order valence-electron chi connectivity index (χ1n) is 5.44. The largest absolute Gasteiger partial charge is 0.493 e. The zero-order valence-electron chi connectivity index (χ0n) is 9.67. The predicted molar refractivity (Wildman–Crippen MR) is 64.2 cm³/mol. The van der Waals surface area contributed by atoms with Crippen LogP contribution in [0.3, 0.4) is 0 Å². The summed E-state index contributed by atoms with van der Waals surface area (Å²) in [6.07, 6.45) is 5.26. The van der Waals surface area contributed by atoms with Crippen molar-refractivity contribution in [3.63, 3.8) is 0 Å². The molecule has 0 atom stereocenters. The Bertz CT molecular complexity index is 488. The minimum absolute atomic E-state index is 0.575. The lowest BCUT2D eigenvalue weighted by molar-refractivity contribution is 0.112. The lowest BCUT2D eigenvalue weighted by Gasteiger charge is -2.06. The lowest BCUT2D eigenvalue weighted by Crippen LogP contribution is -2.06. The van der Waals surface area contributed by atoms with E-state index in [-0.39, 0.29) is 0 Å². The summed E-state index contributed by atoms with van der Waals surface area (Å²) in [6.45, 7) is 0.575. The average Bonchev–Trinajstić information content (AvgIpc) is 2.76. The van der Waals surface area contributed by atoms with E-state index in [0.29, 0.717) is 12.2 Å². The molecule has 1 heterocycles. The number of ether oxygens (including phenoxy) is 1. The van der Waals surface area contributed by atoms with E-state index in [1.54, 1.807) is 30.5 Å². The highest BCUT2D eigenvalue weighted by Crippen LogP contribution is 2.11. The molecule has 0 aliphatic carbocycles. The summed E-state index contributed by atoms with van der Waals surface area (Å²) in [6, 6.07) is 7.07. The van der Waals surface area contributed by atoms with Gasteiger partial charge in [-0.05, 0) is 24.3 Å². The molecule has 0 bridgehead atoms. The second kappa shape index (κ2) is 5.30. The molecule has 0 radical (unpaired) electrons. The number of aldehydes is 1. The van der Waals surface area contributed by atoms with Gasteiger partial charge in [0.25, 0.3) is 0 Å². The van der Waals surface area contributed by atoms with Crippen molar-refractivity contribution in [2.24, 2.45) is 7.05 Å². The number of carbonyl (C=O) groups is 1. The van der Waals surface area contributed by atoms with Crippen LogP contribution in [0.1, 0.15) is 16.2 Å². The molecule has 4 heteroatoms. The molecule has 4 nitrogen and oxygen atoms in total. The Hall–Kier alpha value is -2.10. The average molecular weight is 230 g/mol. The van der Waals surface area contributed by atoms with Crippen LogP contribution in [0.4, 0.5) is 0 Å². The van der Waals surface area contributed by atoms with Crippen LogP contribution in [-0.2, 0) is 13.5 Å². The number of hydrogen-bond acceptors (Lipinski definition) is 3. The summed E-state index contributed by atoms with van der Waals surface area (Å²) in [5.74, 6) is 1.76. The summed E-state index contributed by atoms with van der Waals surface area (Å²) in [5, 5.41) is 0. The minimum atomic E-state index is 0.575. The molecule has 88 valence electrons. The smallest absolute Gasteiger partial charge is 0.150 e. The number of hydrogen-bond donors (Lipinski definition) is 0. The van der Waals surface area contributed by atoms with Gasteiger partial charge in [0.2, 0.25) is 0 Å². The van der Waals surface area contributed by atoms with Gasteiger partial charge in [0.1, 0.15) is 17.9 Å². The first-order chi connectivity index (χ1) is 8.29. The highest BCUT2D eigenvalue weighted by Gasteiger charge is 2.00. The Labute approximate surface area is 99.9 Å². The number of carbonyl (C=O) groups excluding carboxylic acids is 1. The molecule has 0 N–H and O–H groups in total. The Balaban J connectivity index is 1.85. The maximum atomic E-state index is 10.5. The summed E-state index contributed by atoms with van der Waals surface area (Å²) >= 11 is 0. The van der Waals surface area contributed by atoms with Crippen molar-refractivity contribution < 1.29 is 9.53 Å². The van der Waals surface area contributed by atoms with Gasteiger partial charge in [0.15, 0.2) is 0 Å². The fourth-order valence-electron chi connectivity index (χ4n) is 1.54. The Morgan fingerprint density at radius 2 is 2.12 bits per heavy atom. The number of aromatic nitrogens is 2. The molecule has 0 saturated carbocycles. The number of benzene rings is 1. The van der Waals surface area contributed by atoms with Crippen molar-refractivity contribution in [1.82, 2.24) is 9.55 Å². The van der Waals surface area contributed by atoms with Crippen molar-refractivity contribution in [2.45, 2.75) is 6.42 Å². The van der Waals surface area contributed by atoms with Gasteiger partial charge >= 0.3 is 0 Å². The van der Waals surface area contributed by atoms with E-state index in [4.69, 9.17) is 4.74 Å². The fourth-order valence-corrected chi connectivity index (χ4v) is 1.54. The van der Waals surface area contributed by atoms with E-state index in [2.05, 4.69) is 4.98 Å². The molecule has 0 unspecified atom stereocenters. The standard InChI is InChI=1S/C13H14N2O2/c1-15-8-7-14-13(15)6-9-17-12-4-2-11(10-16)3-5-12/h2-5,7-8,10H,6,9H2,1H3. The third-order valence-corrected chi connectivity index (χ3v) is 2.53. The van der Waals surface area contributed by atoms with Gasteiger partial charge < -0.3 is 9.30 Å². The van der Waals surface area contributed by atoms with Crippen LogP contribution in [0.2, 0.25) is 0 Å². The van der Waals surface area contributed by atoms with E-state index in [1.807, 2.05) is 17.8 Å². The van der Waals surface area contributed by atoms with Crippen molar-refractivity contribution >= 4 is 6.29 Å². The highest BCUT2D eigenvalue weighted by atomic mass is 16.5. The van der Waals surface area contributed by atoms with Gasteiger partial charge in [0.05, 0.1) is 6.61 Å². The molecular formula is C13H14N2O2. The van der Waals surface area contributed by atoms with Crippen molar-refractivity contribution in [1.29, 1.82) is 0 Å². The normalized spacial score (nSPS) is 10.2. The molecule has 0 aliphatic heterocycles. The van der Waals surface area contributed by atoms with E-state index < -0.39 is 0 Å². The summed E-state index contributed by atoms with van der Waals surface area (Å²) in [5.41, 5.74) is 0.654. The molecule has 0 spiro atoms. The minimum Gasteiger partial charge on any atom is -0.493 e. The SMILES string of the molecule is Cn1ccnc1CCOc1ccc(C=O)cc1. The maximum Gasteiger partial charge on any atom is 0.150 e. The van der Waals surface area contributed by atoms with Gasteiger partial charge in [-0.15, -0.1) is 0 Å². The molecule has 0 fully saturated rings. The highest BCUT2D eigenvalue weighted by molar-refractivity contribution is 5.74. The van der Waals surface area contributed by atoms with Gasteiger partial charge in [-0.25, -0.2) is 4.98 Å². The topological polar surface area (TPSA) is 44.1 Å². The van der Waals surface area contributed by atoms with Crippen LogP contribution >= 0.6 is 0 Å². The predicted octanol–water partition coefficient (Wildman–Crippen LogP) is 1.85. The Morgan fingerprint density at radius 3 is 2.71 bits per heavy atom. The maximum absolute atomic E-state index is 10.5. The van der Waals surface area contributed by atoms with E-state index in [0.717, 1.165) is 24.3 Å². The summed E-state index contributed by atoms with van der Waals surface area (Å²) in [4.78, 5) is 14.7. The van der Waals surface area contributed by atoms with E-state index in [1.165, 1.54) is 0 Å². The van der Waals surface area contributed by atoms with Crippen LogP contribution in [-0.4, -0.2) is 22.4 Å². The van der Waals surface area contributed by atoms with Crippen molar-refractivity contribution in [3.8, 4) is 5.75 Å². The number of aryl methyl sites for hydroxylation is 1. The molecular weight excluding hydrogens is 216 g/mol. The van der Waals surface area contributed by atoms with Crippen molar-refractivity contribution in [3.05, 3.63) is 48.0 Å². The van der Waals surface area contributed by atoms with Gasteiger partial charge in [-0.1, -0.05) is 0 Å². The van der Waals surface area contributed by atoms with E-state index >= 15 is 0 Å². The van der Waals surface area contributed by atoms with Crippen LogP contribution in [0.25, 0.3) is 0 Å². The van der Waals surface area contributed by atoms with Gasteiger partial charge in [0, 0.05) is 31.4 Å². The van der Waals surface area contributed by atoms with Gasteiger partial charge in [-0.2, -0.15) is 0 Å². The zero-order valence-corrected chi connectivity index (χ0v) is 9.67. The first kappa shape index (κ1) is 11.4. The van der Waals surface area contributed by atoms with Crippen molar-refractivity contribution in [2.75, 3.05) is 6.61 Å². The lowest BCUT2D eigenvalue weighted by atomic mass is 10.2. The van der Waals surface area contributed by atoms with Crippen LogP contribution in [0, 0.1) is 0 Å². The number of rotatable bonds is 5. The second-order valence-electron chi connectivity index (χ2n) is 3.74. The molecule has 2 rings (SSSR count). The van der Waals surface area contributed by atoms with E-state index in [9.17, 15) is 4.79 Å². The molecule has 1 aromatic carbocycles. The molecule has 0 aliphatic rings. The Morgan fingerprint density at radius 1 is 1.35 bits per heavy atom. The first-order valence-corrected chi connectivity index (χ1v) is 5.44. The number of nitrogens with zero attached hydrogens (tertiary/aromatic N) is 2. The monoisotopic (exact) mass is 230 g/mol. The fraction of sp³-hybridized carbons (Fsp3) is 0.231. The molecule has 1 aromatic heterocycles. The Kier molecular flexibility index (Phi) is 3.55. The van der Waals surface area contributed by atoms with Crippen LogP contribution in [0.15, 0.2) is 36.7 Å².